The Morgan fingerprint density at radius 3 is 2.73 bits per heavy atom. The van der Waals surface area contributed by atoms with E-state index < -0.39 is 5.97 Å². The Balaban J connectivity index is 2.41. The summed E-state index contributed by atoms with van der Waals surface area (Å²) in [4.78, 5) is 27.6. The van der Waals surface area contributed by atoms with E-state index in [1.807, 2.05) is 24.3 Å². The van der Waals surface area contributed by atoms with Crippen molar-refractivity contribution in [1.82, 2.24) is 4.98 Å². The van der Waals surface area contributed by atoms with E-state index in [1.165, 1.54) is 6.08 Å². The van der Waals surface area contributed by atoms with Crippen LogP contribution in [0.2, 0.25) is 0 Å². The van der Waals surface area contributed by atoms with E-state index >= 15 is 0 Å². The van der Waals surface area contributed by atoms with E-state index in [0.717, 1.165) is 36.2 Å². The average Bonchev–Trinajstić information content (AvgIpc) is 2.52. The summed E-state index contributed by atoms with van der Waals surface area (Å²) in [5, 5.41) is 9.67. The van der Waals surface area contributed by atoms with E-state index in [9.17, 15) is 9.59 Å². The molecule has 1 heterocycles. The molecule has 114 valence electrons. The Morgan fingerprint density at radius 2 is 2.00 bits per heavy atom. The third-order valence-electron chi connectivity index (χ3n) is 3.45. The lowest BCUT2D eigenvalue weighted by atomic mass is 10.0. The Kier molecular flexibility index (Phi) is 5.42. The van der Waals surface area contributed by atoms with Gasteiger partial charge in [-0.25, -0.2) is 9.78 Å². The fraction of sp³-hybridized carbons (Fsp3) is 0.278. The van der Waals surface area contributed by atoms with Crippen molar-refractivity contribution in [2.75, 3.05) is 0 Å². The van der Waals surface area contributed by atoms with Crippen molar-refractivity contribution in [1.29, 1.82) is 0 Å². The van der Waals surface area contributed by atoms with E-state index in [2.05, 4.69) is 11.9 Å². The zero-order chi connectivity index (χ0) is 15.9. The topological polar surface area (TPSA) is 67.3 Å². The highest BCUT2D eigenvalue weighted by Crippen LogP contribution is 2.20. The molecule has 4 nitrogen and oxygen atoms in total. The Morgan fingerprint density at radius 1 is 1.23 bits per heavy atom. The molecule has 0 saturated heterocycles. The maximum atomic E-state index is 12.4. The molecule has 0 fully saturated rings. The number of fused-ring (bicyclic) bond motifs is 1. The molecule has 0 aliphatic rings. The van der Waals surface area contributed by atoms with Crippen LogP contribution in [0.5, 0.6) is 0 Å². The van der Waals surface area contributed by atoms with Crippen molar-refractivity contribution in [3.8, 4) is 0 Å². The minimum atomic E-state index is -1.06. The highest BCUT2D eigenvalue weighted by Gasteiger charge is 2.12. The van der Waals surface area contributed by atoms with Crippen molar-refractivity contribution >= 4 is 28.7 Å². The molecule has 0 aliphatic carbocycles. The minimum Gasteiger partial charge on any atom is -0.478 e. The zero-order valence-corrected chi connectivity index (χ0v) is 12.6. The summed E-state index contributed by atoms with van der Waals surface area (Å²) in [6, 6.07) is 9.30. The molecule has 0 spiro atoms. The lowest BCUT2D eigenvalue weighted by Crippen LogP contribution is -2.04. The molecule has 0 unspecified atom stereocenters. The Labute approximate surface area is 129 Å². The molecule has 2 rings (SSSR count). The number of carbonyl (C=O) groups excluding carboxylic acids is 1. The fourth-order valence-electron chi connectivity index (χ4n) is 2.30. The number of aliphatic carboxylic acids is 1. The second-order valence-corrected chi connectivity index (χ2v) is 5.17. The Hall–Kier alpha value is -2.49. The molecule has 1 aromatic heterocycles. The van der Waals surface area contributed by atoms with Crippen molar-refractivity contribution in [3.63, 3.8) is 0 Å². The first-order valence-electron chi connectivity index (χ1n) is 7.46. The summed E-state index contributed by atoms with van der Waals surface area (Å²) in [7, 11) is 0. The monoisotopic (exact) mass is 297 g/mol. The third kappa shape index (κ3) is 4.01. The zero-order valence-electron chi connectivity index (χ0n) is 12.6. The van der Waals surface area contributed by atoms with Gasteiger partial charge < -0.3 is 5.11 Å². The van der Waals surface area contributed by atoms with Gasteiger partial charge >= 0.3 is 5.97 Å². The van der Waals surface area contributed by atoms with Crippen molar-refractivity contribution in [2.24, 2.45) is 0 Å². The third-order valence-corrected chi connectivity index (χ3v) is 3.45. The van der Waals surface area contributed by atoms with E-state index in [1.54, 1.807) is 6.07 Å². The van der Waals surface area contributed by atoms with Crippen LogP contribution in [0.3, 0.4) is 0 Å². The number of hydrogen-bond donors (Lipinski definition) is 1. The van der Waals surface area contributed by atoms with Crippen molar-refractivity contribution < 1.29 is 14.7 Å². The summed E-state index contributed by atoms with van der Waals surface area (Å²) in [6.45, 7) is 2.09. The molecule has 0 atom stereocenters. The second kappa shape index (κ2) is 7.50. The number of Topliss-reactive ketones (excluding diaryl/α,β-unsaturated/α-hetero) is 1. The first-order valence-corrected chi connectivity index (χ1v) is 7.46. The number of rotatable bonds is 7. The molecular weight excluding hydrogens is 278 g/mol. The molecular formula is C18H19NO3. The molecule has 0 radical (unpaired) electrons. The van der Waals surface area contributed by atoms with Crippen LogP contribution >= 0.6 is 0 Å². The highest BCUT2D eigenvalue weighted by molar-refractivity contribution is 6.02. The van der Waals surface area contributed by atoms with Crippen LogP contribution in [0, 0.1) is 0 Å². The molecule has 0 aliphatic heterocycles. The molecule has 4 heteroatoms. The highest BCUT2D eigenvalue weighted by atomic mass is 16.4. The van der Waals surface area contributed by atoms with E-state index in [0.29, 0.717) is 17.7 Å². The van der Waals surface area contributed by atoms with Crippen LogP contribution in [0.4, 0.5) is 0 Å². The molecule has 0 bridgehead atoms. The van der Waals surface area contributed by atoms with Crippen LogP contribution < -0.4 is 0 Å². The maximum Gasteiger partial charge on any atom is 0.328 e. The quantitative estimate of drug-likeness (QED) is 0.474. The smallest absolute Gasteiger partial charge is 0.328 e. The summed E-state index contributed by atoms with van der Waals surface area (Å²) in [5.74, 6) is -1.05. The van der Waals surface area contributed by atoms with Gasteiger partial charge in [-0.1, -0.05) is 38.0 Å². The predicted molar refractivity (Wildman–Crippen MR) is 86.9 cm³/mol. The lowest BCUT2D eigenvalue weighted by molar-refractivity contribution is -0.131. The summed E-state index contributed by atoms with van der Waals surface area (Å²) < 4.78 is 0. The SMILES string of the molecule is CCCCCC(=O)c1cc2ccccc2nc1C=CC(=O)O. The summed E-state index contributed by atoms with van der Waals surface area (Å²) >= 11 is 0. The largest absolute Gasteiger partial charge is 0.478 e. The molecule has 0 amide bonds. The molecule has 1 N–H and O–H groups in total. The van der Waals surface area contributed by atoms with Gasteiger partial charge in [0.25, 0.3) is 0 Å². The standard InChI is InChI=1S/C18H19NO3/c1-2-3-4-9-17(20)14-12-13-7-5-6-8-15(13)19-16(14)10-11-18(21)22/h5-8,10-12H,2-4,9H2,1H3,(H,21,22). The van der Waals surface area contributed by atoms with E-state index in [-0.39, 0.29) is 5.78 Å². The first kappa shape index (κ1) is 15.9. The van der Waals surface area contributed by atoms with Gasteiger partial charge in [-0.3, -0.25) is 4.79 Å². The average molecular weight is 297 g/mol. The summed E-state index contributed by atoms with van der Waals surface area (Å²) in [6.07, 6.45) is 5.76. The number of unbranched alkanes of at least 4 members (excludes halogenated alkanes) is 2. The summed E-state index contributed by atoms with van der Waals surface area (Å²) in [5.41, 5.74) is 1.66. The van der Waals surface area contributed by atoms with Crippen LogP contribution in [0.1, 0.15) is 48.7 Å². The Bertz CT molecular complexity index is 719. The number of nitrogens with zero attached hydrogens (tertiary/aromatic N) is 1. The number of carboxylic acid groups (broad SMARTS) is 1. The number of benzene rings is 1. The van der Waals surface area contributed by atoms with Crippen molar-refractivity contribution in [2.45, 2.75) is 32.6 Å². The fourth-order valence-corrected chi connectivity index (χ4v) is 2.30. The molecule has 0 saturated carbocycles. The molecule has 2 aromatic rings. The normalized spacial score (nSPS) is 11.1. The van der Waals surface area contributed by atoms with Gasteiger partial charge in [-0.15, -0.1) is 0 Å². The van der Waals surface area contributed by atoms with Gasteiger partial charge in [0, 0.05) is 23.4 Å². The predicted octanol–water partition coefficient (Wildman–Crippen LogP) is 4.10. The van der Waals surface area contributed by atoms with Crippen LogP contribution in [-0.2, 0) is 4.79 Å². The van der Waals surface area contributed by atoms with Gasteiger partial charge in [0.1, 0.15) is 0 Å². The van der Waals surface area contributed by atoms with Gasteiger partial charge in [0.2, 0.25) is 0 Å². The van der Waals surface area contributed by atoms with Crippen molar-refractivity contribution in [3.05, 3.63) is 47.7 Å². The number of carboxylic acids is 1. The van der Waals surface area contributed by atoms with Gasteiger partial charge in [-0.2, -0.15) is 0 Å². The number of pyridine rings is 1. The lowest BCUT2D eigenvalue weighted by Gasteiger charge is -2.07. The van der Waals surface area contributed by atoms with Gasteiger partial charge in [-0.05, 0) is 24.6 Å². The van der Waals surface area contributed by atoms with E-state index in [4.69, 9.17) is 5.11 Å². The van der Waals surface area contributed by atoms with Crippen LogP contribution in [-0.4, -0.2) is 21.8 Å². The van der Waals surface area contributed by atoms with Gasteiger partial charge in [0.05, 0.1) is 11.2 Å². The maximum absolute atomic E-state index is 12.4. The molecule has 22 heavy (non-hydrogen) atoms. The number of para-hydroxylation sites is 1. The number of ketones is 1. The van der Waals surface area contributed by atoms with Gasteiger partial charge in [0.15, 0.2) is 5.78 Å². The minimum absolute atomic E-state index is 0.0109. The number of hydrogen-bond acceptors (Lipinski definition) is 3. The first-order chi connectivity index (χ1) is 10.6. The second-order valence-electron chi connectivity index (χ2n) is 5.17. The number of aromatic nitrogens is 1. The number of carbonyl (C=O) groups is 2. The van der Waals surface area contributed by atoms with Crippen LogP contribution in [0.25, 0.3) is 17.0 Å². The van der Waals surface area contributed by atoms with Crippen LogP contribution in [0.15, 0.2) is 36.4 Å². The molecule has 1 aromatic carbocycles.